The number of anilines is 1. The van der Waals surface area contributed by atoms with Gasteiger partial charge in [0.2, 0.25) is 5.91 Å². The summed E-state index contributed by atoms with van der Waals surface area (Å²) in [5.74, 6) is 0.796. The SMILES string of the molecule is Cc1ncccc1NC(=O)CNCC1CC1. The van der Waals surface area contributed by atoms with Gasteiger partial charge in [-0.3, -0.25) is 9.78 Å². The predicted molar refractivity (Wildman–Crippen MR) is 63.2 cm³/mol. The molecular weight excluding hydrogens is 202 g/mol. The van der Waals surface area contributed by atoms with Gasteiger partial charge in [0.25, 0.3) is 0 Å². The van der Waals surface area contributed by atoms with Gasteiger partial charge in [-0.05, 0) is 44.4 Å². The molecule has 86 valence electrons. The maximum Gasteiger partial charge on any atom is 0.238 e. The van der Waals surface area contributed by atoms with Gasteiger partial charge in [-0.25, -0.2) is 0 Å². The molecule has 0 bridgehead atoms. The van der Waals surface area contributed by atoms with Crippen LogP contribution in [0.2, 0.25) is 0 Å². The summed E-state index contributed by atoms with van der Waals surface area (Å²) >= 11 is 0. The number of amides is 1. The fourth-order valence-corrected chi connectivity index (χ4v) is 1.52. The van der Waals surface area contributed by atoms with Gasteiger partial charge in [-0.1, -0.05) is 0 Å². The van der Waals surface area contributed by atoms with E-state index in [1.165, 1.54) is 12.8 Å². The van der Waals surface area contributed by atoms with E-state index in [4.69, 9.17) is 0 Å². The monoisotopic (exact) mass is 219 g/mol. The first-order valence-electron chi connectivity index (χ1n) is 5.68. The average Bonchev–Trinajstić information content (AvgIpc) is 3.05. The minimum atomic E-state index is -0.00301. The van der Waals surface area contributed by atoms with Gasteiger partial charge in [0.1, 0.15) is 0 Å². The van der Waals surface area contributed by atoms with Crippen molar-refractivity contribution in [2.45, 2.75) is 19.8 Å². The van der Waals surface area contributed by atoms with E-state index < -0.39 is 0 Å². The van der Waals surface area contributed by atoms with Crippen LogP contribution in [0.5, 0.6) is 0 Å². The standard InChI is InChI=1S/C12H17N3O/c1-9-11(3-2-6-14-9)15-12(16)8-13-7-10-4-5-10/h2-3,6,10,13H,4-5,7-8H2,1H3,(H,15,16). The molecule has 2 rings (SSSR count). The predicted octanol–water partition coefficient (Wildman–Crippen LogP) is 1.33. The second kappa shape index (κ2) is 5.07. The van der Waals surface area contributed by atoms with Crippen LogP contribution in [0.1, 0.15) is 18.5 Å². The average molecular weight is 219 g/mol. The van der Waals surface area contributed by atoms with Crippen LogP contribution in [0.4, 0.5) is 5.69 Å². The zero-order valence-corrected chi connectivity index (χ0v) is 9.49. The van der Waals surface area contributed by atoms with Crippen molar-refractivity contribution >= 4 is 11.6 Å². The van der Waals surface area contributed by atoms with Crippen molar-refractivity contribution in [3.8, 4) is 0 Å². The molecule has 1 aromatic rings. The van der Waals surface area contributed by atoms with E-state index in [1.54, 1.807) is 6.20 Å². The van der Waals surface area contributed by atoms with Crippen LogP contribution < -0.4 is 10.6 Å². The molecule has 1 fully saturated rings. The second-order valence-corrected chi connectivity index (χ2v) is 4.26. The third-order valence-corrected chi connectivity index (χ3v) is 2.70. The number of nitrogens with one attached hydrogen (secondary N) is 2. The summed E-state index contributed by atoms with van der Waals surface area (Å²) in [5, 5.41) is 5.99. The smallest absolute Gasteiger partial charge is 0.238 e. The van der Waals surface area contributed by atoms with Crippen molar-refractivity contribution in [3.05, 3.63) is 24.0 Å². The molecule has 1 aromatic heterocycles. The Labute approximate surface area is 95.5 Å². The molecule has 1 saturated carbocycles. The van der Waals surface area contributed by atoms with Crippen LogP contribution in [0, 0.1) is 12.8 Å². The third kappa shape index (κ3) is 3.31. The van der Waals surface area contributed by atoms with E-state index in [0.29, 0.717) is 6.54 Å². The summed E-state index contributed by atoms with van der Waals surface area (Å²) in [6, 6.07) is 3.68. The Kier molecular flexibility index (Phi) is 3.51. The summed E-state index contributed by atoms with van der Waals surface area (Å²) in [6.45, 7) is 3.22. The highest BCUT2D eigenvalue weighted by Crippen LogP contribution is 2.27. The largest absolute Gasteiger partial charge is 0.323 e. The molecule has 0 unspecified atom stereocenters. The van der Waals surface area contributed by atoms with E-state index in [2.05, 4.69) is 15.6 Å². The minimum absolute atomic E-state index is 0.00301. The van der Waals surface area contributed by atoms with E-state index in [0.717, 1.165) is 23.8 Å². The van der Waals surface area contributed by atoms with E-state index >= 15 is 0 Å². The maximum atomic E-state index is 11.6. The molecule has 0 spiro atoms. The van der Waals surface area contributed by atoms with Gasteiger partial charge in [0.15, 0.2) is 0 Å². The van der Waals surface area contributed by atoms with Crippen molar-refractivity contribution in [2.75, 3.05) is 18.4 Å². The zero-order chi connectivity index (χ0) is 11.4. The van der Waals surface area contributed by atoms with Crippen LogP contribution >= 0.6 is 0 Å². The minimum Gasteiger partial charge on any atom is -0.323 e. The highest BCUT2D eigenvalue weighted by molar-refractivity contribution is 5.92. The lowest BCUT2D eigenvalue weighted by Gasteiger charge is -2.07. The Hall–Kier alpha value is -1.42. The number of hydrogen-bond donors (Lipinski definition) is 2. The van der Waals surface area contributed by atoms with Crippen LogP contribution in [0.25, 0.3) is 0 Å². The number of carbonyl (C=O) groups excluding carboxylic acids is 1. The Balaban J connectivity index is 1.75. The quantitative estimate of drug-likeness (QED) is 0.785. The van der Waals surface area contributed by atoms with Gasteiger partial charge in [-0.15, -0.1) is 0 Å². The summed E-state index contributed by atoms with van der Waals surface area (Å²) < 4.78 is 0. The summed E-state index contributed by atoms with van der Waals surface area (Å²) in [7, 11) is 0. The number of aromatic nitrogens is 1. The Morgan fingerprint density at radius 3 is 3.06 bits per heavy atom. The second-order valence-electron chi connectivity index (χ2n) is 4.26. The molecule has 4 heteroatoms. The van der Waals surface area contributed by atoms with Crippen LogP contribution in [0.15, 0.2) is 18.3 Å². The number of aryl methyl sites for hydroxylation is 1. The third-order valence-electron chi connectivity index (χ3n) is 2.70. The molecule has 1 heterocycles. The van der Waals surface area contributed by atoms with Crippen LogP contribution in [-0.4, -0.2) is 24.0 Å². The Morgan fingerprint density at radius 2 is 2.38 bits per heavy atom. The van der Waals surface area contributed by atoms with E-state index in [-0.39, 0.29) is 5.91 Å². The van der Waals surface area contributed by atoms with Crippen molar-refractivity contribution in [1.82, 2.24) is 10.3 Å². The number of pyridine rings is 1. The highest BCUT2D eigenvalue weighted by Gasteiger charge is 2.20. The molecular formula is C12H17N3O. The first-order chi connectivity index (χ1) is 7.75. The van der Waals surface area contributed by atoms with E-state index in [1.807, 2.05) is 19.1 Å². The van der Waals surface area contributed by atoms with Crippen molar-refractivity contribution < 1.29 is 4.79 Å². The molecule has 1 amide bonds. The van der Waals surface area contributed by atoms with Gasteiger partial charge in [0, 0.05) is 6.20 Å². The molecule has 0 aliphatic heterocycles. The number of hydrogen-bond acceptors (Lipinski definition) is 3. The Morgan fingerprint density at radius 1 is 1.56 bits per heavy atom. The molecule has 1 aliphatic rings. The lowest BCUT2D eigenvalue weighted by atomic mass is 10.3. The van der Waals surface area contributed by atoms with Crippen LogP contribution in [-0.2, 0) is 4.79 Å². The van der Waals surface area contributed by atoms with E-state index in [9.17, 15) is 4.79 Å². The summed E-state index contributed by atoms with van der Waals surface area (Å²) in [6.07, 6.45) is 4.32. The van der Waals surface area contributed by atoms with Gasteiger partial charge in [-0.2, -0.15) is 0 Å². The fourth-order valence-electron chi connectivity index (χ4n) is 1.52. The van der Waals surface area contributed by atoms with Crippen molar-refractivity contribution in [2.24, 2.45) is 5.92 Å². The fraction of sp³-hybridized carbons (Fsp3) is 0.500. The molecule has 0 aromatic carbocycles. The first kappa shape index (κ1) is 11.1. The molecule has 16 heavy (non-hydrogen) atoms. The highest BCUT2D eigenvalue weighted by atomic mass is 16.1. The number of nitrogens with zero attached hydrogens (tertiary/aromatic N) is 1. The zero-order valence-electron chi connectivity index (χ0n) is 9.49. The first-order valence-corrected chi connectivity index (χ1v) is 5.68. The van der Waals surface area contributed by atoms with Gasteiger partial charge in [0.05, 0.1) is 17.9 Å². The molecule has 0 radical (unpaired) electrons. The lowest BCUT2D eigenvalue weighted by Crippen LogP contribution is -2.29. The lowest BCUT2D eigenvalue weighted by molar-refractivity contribution is -0.115. The molecule has 4 nitrogen and oxygen atoms in total. The van der Waals surface area contributed by atoms with Gasteiger partial charge < -0.3 is 10.6 Å². The summed E-state index contributed by atoms with van der Waals surface area (Å²) in [5.41, 5.74) is 1.64. The van der Waals surface area contributed by atoms with Gasteiger partial charge >= 0.3 is 0 Å². The number of carbonyl (C=O) groups is 1. The maximum absolute atomic E-state index is 11.6. The van der Waals surface area contributed by atoms with Crippen molar-refractivity contribution in [1.29, 1.82) is 0 Å². The number of rotatable bonds is 5. The normalized spacial score (nSPS) is 14.8. The summed E-state index contributed by atoms with van der Waals surface area (Å²) in [4.78, 5) is 15.7. The Bertz CT molecular complexity index is 374. The molecule has 0 atom stereocenters. The topological polar surface area (TPSA) is 54.0 Å². The van der Waals surface area contributed by atoms with Crippen molar-refractivity contribution in [3.63, 3.8) is 0 Å². The molecule has 1 aliphatic carbocycles. The van der Waals surface area contributed by atoms with Crippen LogP contribution in [0.3, 0.4) is 0 Å². The molecule has 0 saturated heterocycles. The molecule has 2 N–H and O–H groups in total.